The molecule has 0 aromatic rings. The third kappa shape index (κ3) is 2.14. The van der Waals surface area contributed by atoms with E-state index in [1.807, 2.05) is 24.8 Å². The van der Waals surface area contributed by atoms with Crippen LogP contribution in [0.5, 0.6) is 0 Å². The zero-order chi connectivity index (χ0) is 11.5. The number of rotatable bonds is 3. The number of carbonyl (C=O) groups is 1. The van der Waals surface area contributed by atoms with Crippen LogP contribution in [0.3, 0.4) is 0 Å². The highest BCUT2D eigenvalue weighted by Crippen LogP contribution is 2.33. The third-order valence-electron chi connectivity index (χ3n) is 3.75. The molecule has 2 rings (SSSR count). The van der Waals surface area contributed by atoms with E-state index in [2.05, 4.69) is 6.08 Å². The zero-order valence-electron chi connectivity index (χ0n) is 10.2. The van der Waals surface area contributed by atoms with Gasteiger partial charge in [0, 0.05) is 19.7 Å². The molecule has 1 saturated heterocycles. The maximum atomic E-state index is 12.2. The largest absolute Gasteiger partial charge is 0.374 e. The number of ether oxygens (including phenoxy) is 1. The fourth-order valence-corrected chi connectivity index (χ4v) is 2.72. The second kappa shape index (κ2) is 5.00. The van der Waals surface area contributed by atoms with Gasteiger partial charge < -0.3 is 9.64 Å². The molecule has 1 fully saturated rings. The van der Waals surface area contributed by atoms with Gasteiger partial charge >= 0.3 is 0 Å². The van der Waals surface area contributed by atoms with Gasteiger partial charge in [0.15, 0.2) is 0 Å². The Kier molecular flexibility index (Phi) is 3.64. The molecule has 3 nitrogen and oxygen atoms in total. The van der Waals surface area contributed by atoms with Crippen molar-refractivity contribution >= 4 is 5.91 Å². The van der Waals surface area contributed by atoms with Crippen molar-refractivity contribution in [1.29, 1.82) is 0 Å². The summed E-state index contributed by atoms with van der Waals surface area (Å²) in [4.78, 5) is 14.1. The molecule has 0 bridgehead atoms. The van der Waals surface area contributed by atoms with Gasteiger partial charge in [-0.05, 0) is 32.6 Å². The minimum atomic E-state index is 0.0860. The first kappa shape index (κ1) is 11.6. The predicted molar refractivity (Wildman–Crippen MR) is 63.0 cm³/mol. The van der Waals surface area contributed by atoms with Gasteiger partial charge in [-0.1, -0.05) is 12.2 Å². The molecule has 16 heavy (non-hydrogen) atoms. The summed E-state index contributed by atoms with van der Waals surface area (Å²) in [5.41, 5.74) is 0. The van der Waals surface area contributed by atoms with E-state index in [1.54, 1.807) is 0 Å². The van der Waals surface area contributed by atoms with E-state index in [4.69, 9.17) is 4.74 Å². The van der Waals surface area contributed by atoms with Crippen molar-refractivity contribution < 1.29 is 9.53 Å². The molecule has 0 spiro atoms. The maximum absolute atomic E-state index is 12.2. The molecule has 0 unspecified atom stereocenters. The van der Waals surface area contributed by atoms with Crippen LogP contribution in [0.25, 0.3) is 0 Å². The molecule has 90 valence electrons. The minimum Gasteiger partial charge on any atom is -0.374 e. The Labute approximate surface area is 97.5 Å². The molecule has 1 heterocycles. The summed E-state index contributed by atoms with van der Waals surface area (Å²) in [5, 5.41) is 0. The lowest BCUT2D eigenvalue weighted by molar-refractivity contribution is -0.134. The van der Waals surface area contributed by atoms with Crippen LogP contribution in [-0.4, -0.2) is 36.6 Å². The molecule has 1 aliphatic heterocycles. The molecule has 1 aliphatic carbocycles. The number of hydrogen-bond acceptors (Lipinski definition) is 2. The van der Waals surface area contributed by atoms with Gasteiger partial charge in [0.2, 0.25) is 5.91 Å². The highest BCUT2D eigenvalue weighted by molar-refractivity contribution is 5.80. The van der Waals surface area contributed by atoms with Crippen LogP contribution in [0.4, 0.5) is 0 Å². The van der Waals surface area contributed by atoms with Gasteiger partial charge in [-0.15, -0.1) is 0 Å². The van der Waals surface area contributed by atoms with Crippen LogP contribution in [0.2, 0.25) is 0 Å². The molecule has 0 N–H and O–H groups in total. The van der Waals surface area contributed by atoms with Crippen molar-refractivity contribution in [3.05, 3.63) is 12.2 Å². The Bertz CT molecular complexity index is 284. The highest BCUT2D eigenvalue weighted by Gasteiger charge is 2.34. The number of amides is 1. The van der Waals surface area contributed by atoms with Gasteiger partial charge in [-0.3, -0.25) is 4.79 Å². The zero-order valence-corrected chi connectivity index (χ0v) is 10.2. The Morgan fingerprint density at radius 1 is 1.38 bits per heavy atom. The summed E-state index contributed by atoms with van der Waals surface area (Å²) in [6.07, 6.45) is 6.49. The van der Waals surface area contributed by atoms with Crippen LogP contribution < -0.4 is 0 Å². The van der Waals surface area contributed by atoms with Crippen molar-refractivity contribution in [2.75, 3.05) is 19.7 Å². The molecule has 0 saturated carbocycles. The summed E-state index contributed by atoms with van der Waals surface area (Å²) >= 11 is 0. The molecule has 1 amide bonds. The van der Waals surface area contributed by atoms with Crippen LogP contribution in [-0.2, 0) is 9.53 Å². The normalized spacial score (nSPS) is 32.5. The van der Waals surface area contributed by atoms with Gasteiger partial charge in [0.05, 0.1) is 12.0 Å². The van der Waals surface area contributed by atoms with Crippen LogP contribution in [0.15, 0.2) is 12.2 Å². The third-order valence-corrected chi connectivity index (χ3v) is 3.75. The van der Waals surface area contributed by atoms with Crippen LogP contribution >= 0.6 is 0 Å². The first-order chi connectivity index (χ1) is 7.76. The summed E-state index contributed by atoms with van der Waals surface area (Å²) in [7, 11) is 0. The van der Waals surface area contributed by atoms with Gasteiger partial charge in [-0.25, -0.2) is 0 Å². The van der Waals surface area contributed by atoms with Crippen molar-refractivity contribution in [1.82, 2.24) is 4.90 Å². The summed E-state index contributed by atoms with van der Waals surface area (Å²) in [5.74, 6) is 0.934. The Balaban J connectivity index is 2.00. The quantitative estimate of drug-likeness (QED) is 0.683. The van der Waals surface area contributed by atoms with Crippen LogP contribution in [0.1, 0.15) is 26.7 Å². The van der Waals surface area contributed by atoms with E-state index >= 15 is 0 Å². The van der Waals surface area contributed by atoms with Gasteiger partial charge in [-0.2, -0.15) is 0 Å². The predicted octanol–water partition coefficient (Wildman–Crippen LogP) is 1.84. The number of fused-ring (bicyclic) bond motifs is 1. The molecular weight excluding hydrogens is 202 g/mol. The van der Waals surface area contributed by atoms with Crippen molar-refractivity contribution in [2.24, 2.45) is 11.8 Å². The fourth-order valence-electron chi connectivity index (χ4n) is 2.72. The van der Waals surface area contributed by atoms with Crippen molar-refractivity contribution in [3.63, 3.8) is 0 Å². The highest BCUT2D eigenvalue weighted by atomic mass is 16.5. The molecule has 0 aromatic heterocycles. The Morgan fingerprint density at radius 2 is 2.12 bits per heavy atom. The van der Waals surface area contributed by atoms with Crippen LogP contribution in [0, 0.1) is 11.8 Å². The van der Waals surface area contributed by atoms with E-state index in [0.29, 0.717) is 5.92 Å². The van der Waals surface area contributed by atoms with Gasteiger partial charge in [0.1, 0.15) is 0 Å². The second-order valence-electron chi connectivity index (χ2n) is 4.62. The first-order valence-electron chi connectivity index (χ1n) is 6.35. The fraction of sp³-hybridized carbons (Fsp3) is 0.769. The molecular formula is C13H21NO2. The Hall–Kier alpha value is -0.830. The summed E-state index contributed by atoms with van der Waals surface area (Å²) < 4.78 is 5.59. The van der Waals surface area contributed by atoms with E-state index in [-0.39, 0.29) is 17.9 Å². The van der Waals surface area contributed by atoms with E-state index in [0.717, 1.165) is 32.5 Å². The molecule has 0 radical (unpaired) electrons. The lowest BCUT2D eigenvalue weighted by atomic mass is 9.83. The monoisotopic (exact) mass is 223 g/mol. The lowest BCUT2D eigenvalue weighted by Crippen LogP contribution is -2.38. The van der Waals surface area contributed by atoms with Crippen molar-refractivity contribution in [2.45, 2.75) is 32.8 Å². The minimum absolute atomic E-state index is 0.0860. The SMILES string of the molecule is CCN(CC)C(=O)[C@H]1C=C[C@@H]2OCC[C@@H]2C1. The molecule has 0 aromatic carbocycles. The molecule has 3 atom stereocenters. The lowest BCUT2D eigenvalue weighted by Gasteiger charge is -2.29. The molecule has 3 heteroatoms. The maximum Gasteiger partial charge on any atom is 0.229 e. The average molecular weight is 223 g/mol. The first-order valence-corrected chi connectivity index (χ1v) is 6.35. The number of hydrogen-bond donors (Lipinski definition) is 0. The smallest absolute Gasteiger partial charge is 0.229 e. The standard InChI is InChI=1S/C13H21NO2/c1-3-14(4-2)13(15)11-5-6-12-10(9-11)7-8-16-12/h5-6,10-12H,3-4,7-9H2,1-2H3/t10-,11+,12+/m1/s1. The number of nitrogens with zero attached hydrogens (tertiary/aromatic N) is 1. The van der Waals surface area contributed by atoms with Crippen molar-refractivity contribution in [3.8, 4) is 0 Å². The van der Waals surface area contributed by atoms with E-state index < -0.39 is 0 Å². The average Bonchev–Trinajstić information content (AvgIpc) is 2.77. The van der Waals surface area contributed by atoms with E-state index in [1.165, 1.54) is 0 Å². The van der Waals surface area contributed by atoms with E-state index in [9.17, 15) is 4.79 Å². The Morgan fingerprint density at radius 3 is 2.81 bits per heavy atom. The summed E-state index contributed by atoms with van der Waals surface area (Å²) in [6.45, 7) is 6.55. The molecule has 2 aliphatic rings. The summed E-state index contributed by atoms with van der Waals surface area (Å²) in [6, 6.07) is 0. The topological polar surface area (TPSA) is 29.5 Å². The number of carbonyl (C=O) groups excluding carboxylic acids is 1. The second-order valence-corrected chi connectivity index (χ2v) is 4.62. The van der Waals surface area contributed by atoms with Gasteiger partial charge in [0.25, 0.3) is 0 Å².